The average molecular weight is 409 g/mol. The molecular weight excluding hydrogens is 394 g/mol. The van der Waals surface area contributed by atoms with E-state index in [0.29, 0.717) is 11.4 Å². The second-order valence-electron chi connectivity index (χ2n) is 6.63. The van der Waals surface area contributed by atoms with E-state index in [1.165, 1.54) is 10.7 Å². The van der Waals surface area contributed by atoms with Gasteiger partial charge < -0.3 is 9.73 Å². The Morgan fingerprint density at radius 1 is 1.17 bits per heavy atom. The molecule has 0 radical (unpaired) electrons. The molecule has 2 aromatic heterocycles. The van der Waals surface area contributed by atoms with E-state index in [2.05, 4.69) is 20.1 Å². The number of hydrogen-bond donors (Lipinski definition) is 2. The van der Waals surface area contributed by atoms with E-state index >= 15 is 0 Å². The van der Waals surface area contributed by atoms with Gasteiger partial charge in [0.05, 0.1) is 11.7 Å². The molecule has 10 heteroatoms. The first-order chi connectivity index (χ1) is 13.9. The van der Waals surface area contributed by atoms with E-state index < -0.39 is 22.0 Å². The summed E-state index contributed by atoms with van der Waals surface area (Å²) in [4.78, 5) is 16.8. The minimum Gasteiger partial charge on any atom is -0.459 e. The van der Waals surface area contributed by atoms with Gasteiger partial charge in [-0.3, -0.25) is 4.79 Å². The molecule has 1 atom stereocenters. The van der Waals surface area contributed by atoms with Crippen LogP contribution in [0.5, 0.6) is 0 Å². The third kappa shape index (κ3) is 2.85. The normalized spacial score (nSPS) is 15.2. The zero-order chi connectivity index (χ0) is 20.2. The van der Waals surface area contributed by atoms with Crippen LogP contribution in [-0.4, -0.2) is 29.1 Å². The largest absolute Gasteiger partial charge is 0.459 e. The van der Waals surface area contributed by atoms with Gasteiger partial charge in [-0.1, -0.05) is 30.3 Å². The van der Waals surface area contributed by atoms with E-state index in [1.807, 2.05) is 30.3 Å². The number of fused-ring (bicyclic) bond motifs is 4. The van der Waals surface area contributed by atoms with Crippen LogP contribution in [0.3, 0.4) is 0 Å². The Bertz CT molecular complexity index is 1340. The first-order valence-electron chi connectivity index (χ1n) is 8.81. The lowest BCUT2D eigenvalue weighted by Gasteiger charge is -2.17. The zero-order valence-corrected chi connectivity index (χ0v) is 16.0. The third-order valence-electron chi connectivity index (χ3n) is 4.64. The molecule has 1 aliphatic rings. The van der Waals surface area contributed by atoms with Gasteiger partial charge in [-0.2, -0.15) is 9.67 Å². The molecule has 2 N–H and O–H groups in total. The maximum Gasteiger partial charge on any atom is 0.291 e. The number of furan rings is 1. The summed E-state index contributed by atoms with van der Waals surface area (Å²) < 4.78 is 34.1. The molecule has 9 nitrogen and oxygen atoms in total. The fourth-order valence-electron chi connectivity index (χ4n) is 3.22. The van der Waals surface area contributed by atoms with Crippen molar-refractivity contribution in [3.8, 4) is 5.69 Å². The summed E-state index contributed by atoms with van der Waals surface area (Å²) >= 11 is 0. The highest BCUT2D eigenvalue weighted by atomic mass is 32.2. The lowest BCUT2D eigenvalue weighted by Crippen LogP contribution is -2.27. The number of nitrogens with zero attached hydrogens (tertiary/aromatic N) is 3. The van der Waals surface area contributed by atoms with Crippen molar-refractivity contribution in [1.29, 1.82) is 0 Å². The number of amides is 1. The fraction of sp³-hybridized carbons (Fsp3) is 0.105. The minimum atomic E-state index is -3.77. The van der Waals surface area contributed by atoms with Crippen molar-refractivity contribution >= 4 is 32.8 Å². The van der Waals surface area contributed by atoms with Crippen LogP contribution in [0.25, 0.3) is 16.7 Å². The van der Waals surface area contributed by atoms with Gasteiger partial charge in [0.2, 0.25) is 11.8 Å². The number of nitrogens with one attached hydrogen (secondary N) is 2. The lowest BCUT2D eigenvalue weighted by molar-refractivity contribution is 0.0925. The second-order valence-corrected chi connectivity index (χ2v) is 8.28. The summed E-state index contributed by atoms with van der Waals surface area (Å²) in [6.07, 6.45) is 0. The maximum atomic E-state index is 12.7. The third-order valence-corrected chi connectivity index (χ3v) is 6.01. The van der Waals surface area contributed by atoms with E-state index in [0.717, 1.165) is 11.0 Å². The van der Waals surface area contributed by atoms with Crippen LogP contribution < -0.4 is 10.0 Å². The van der Waals surface area contributed by atoms with Gasteiger partial charge in [0.25, 0.3) is 15.9 Å². The molecule has 146 valence electrons. The molecule has 0 bridgehead atoms. The van der Waals surface area contributed by atoms with Gasteiger partial charge in [0, 0.05) is 5.39 Å². The molecule has 29 heavy (non-hydrogen) atoms. The highest BCUT2D eigenvalue weighted by Gasteiger charge is 2.31. The zero-order valence-electron chi connectivity index (χ0n) is 15.2. The number of carbonyl (C=O) groups excluding carboxylic acids is 1. The van der Waals surface area contributed by atoms with Gasteiger partial charge in [-0.25, -0.2) is 13.1 Å². The van der Waals surface area contributed by atoms with Crippen molar-refractivity contribution in [3.63, 3.8) is 0 Å². The number of rotatable bonds is 3. The Morgan fingerprint density at radius 3 is 2.76 bits per heavy atom. The van der Waals surface area contributed by atoms with Crippen LogP contribution in [0.4, 0.5) is 5.95 Å². The first-order valence-corrected chi connectivity index (χ1v) is 10.3. The van der Waals surface area contributed by atoms with Gasteiger partial charge >= 0.3 is 0 Å². The maximum absolute atomic E-state index is 12.7. The number of carbonyl (C=O) groups is 1. The number of sulfonamides is 1. The highest BCUT2D eigenvalue weighted by Crippen LogP contribution is 2.29. The average Bonchev–Trinajstić information content (AvgIpc) is 3.32. The van der Waals surface area contributed by atoms with Gasteiger partial charge in [-0.15, -0.1) is 5.10 Å². The van der Waals surface area contributed by atoms with Crippen molar-refractivity contribution in [2.75, 3.05) is 4.72 Å². The van der Waals surface area contributed by atoms with E-state index in [1.54, 1.807) is 25.1 Å². The van der Waals surface area contributed by atoms with Crippen molar-refractivity contribution in [2.45, 2.75) is 17.9 Å². The molecule has 5 rings (SSSR count). The minimum absolute atomic E-state index is 0.0368. The molecule has 1 aliphatic heterocycles. The molecule has 0 spiro atoms. The molecule has 2 aromatic carbocycles. The van der Waals surface area contributed by atoms with Gasteiger partial charge in [0.1, 0.15) is 16.2 Å². The lowest BCUT2D eigenvalue weighted by atomic mass is 10.2. The standard InChI is InChI=1S/C19H15N5O4S/c1-11(15-10-12-6-2-4-8-14(12)28-15)20-18(25)17-21-19-23-29(26,27)16-9-5-3-7-13(16)24(19)22-17/h2-11H,1H3,(H,20,25)(H,21,22,23)/t11-/m1/s1. The van der Waals surface area contributed by atoms with Gasteiger partial charge in [0.15, 0.2) is 0 Å². The molecule has 0 aliphatic carbocycles. The van der Waals surface area contributed by atoms with E-state index in [4.69, 9.17) is 4.42 Å². The van der Waals surface area contributed by atoms with E-state index in [9.17, 15) is 13.2 Å². The van der Waals surface area contributed by atoms with Crippen LogP contribution in [0.2, 0.25) is 0 Å². The van der Waals surface area contributed by atoms with Crippen LogP contribution in [0.15, 0.2) is 63.9 Å². The molecule has 4 aromatic rings. The summed E-state index contributed by atoms with van der Waals surface area (Å²) in [5.74, 6) is -0.140. The van der Waals surface area contributed by atoms with Crippen molar-refractivity contribution in [2.24, 2.45) is 0 Å². The Balaban J connectivity index is 1.44. The predicted molar refractivity (Wildman–Crippen MR) is 104 cm³/mol. The van der Waals surface area contributed by atoms with Crippen LogP contribution >= 0.6 is 0 Å². The molecule has 0 unspecified atom stereocenters. The number of benzene rings is 2. The van der Waals surface area contributed by atoms with Crippen LogP contribution in [0, 0.1) is 0 Å². The van der Waals surface area contributed by atoms with Gasteiger partial charge in [-0.05, 0) is 31.2 Å². The number of anilines is 1. The predicted octanol–water partition coefficient (Wildman–Crippen LogP) is 2.62. The van der Waals surface area contributed by atoms with Crippen molar-refractivity contribution in [3.05, 3.63) is 66.2 Å². The smallest absolute Gasteiger partial charge is 0.291 e. The van der Waals surface area contributed by atoms with Crippen LogP contribution in [-0.2, 0) is 10.0 Å². The summed E-state index contributed by atoms with van der Waals surface area (Å²) in [6, 6.07) is 15.3. The van der Waals surface area contributed by atoms with E-state index in [-0.39, 0.29) is 16.7 Å². The quantitative estimate of drug-likeness (QED) is 0.537. The summed E-state index contributed by atoms with van der Waals surface area (Å²) in [5, 5.41) is 7.90. The molecule has 0 saturated heterocycles. The number of aromatic nitrogens is 3. The fourth-order valence-corrected chi connectivity index (χ4v) is 4.39. The Labute approximate surface area is 165 Å². The van der Waals surface area contributed by atoms with Crippen LogP contribution in [0.1, 0.15) is 29.3 Å². The monoisotopic (exact) mass is 409 g/mol. The Hall–Kier alpha value is -3.66. The van der Waals surface area contributed by atoms with Crippen molar-refractivity contribution < 1.29 is 17.6 Å². The SMILES string of the molecule is C[C@@H](NC(=O)c1nc2n(n1)-c1ccccc1S(=O)(=O)N2)c1cc2ccccc2o1. The number of para-hydroxylation sites is 2. The molecule has 0 fully saturated rings. The number of hydrogen-bond acceptors (Lipinski definition) is 6. The summed E-state index contributed by atoms with van der Waals surface area (Å²) in [6.45, 7) is 1.78. The second kappa shape index (κ2) is 6.17. The first kappa shape index (κ1) is 17.4. The molecule has 1 amide bonds. The highest BCUT2D eigenvalue weighted by molar-refractivity contribution is 7.92. The molecule has 0 saturated carbocycles. The van der Waals surface area contributed by atoms with Crippen molar-refractivity contribution in [1.82, 2.24) is 20.1 Å². The Kier molecular flexibility index (Phi) is 3.71. The molecular formula is C19H15N5O4S. The summed E-state index contributed by atoms with van der Waals surface area (Å²) in [7, 11) is -3.77. The Morgan fingerprint density at radius 2 is 1.93 bits per heavy atom. The summed E-state index contributed by atoms with van der Waals surface area (Å²) in [5.41, 5.74) is 1.06. The molecule has 3 heterocycles. The topological polar surface area (TPSA) is 119 Å².